The molecule has 0 amide bonds. The lowest BCUT2D eigenvalue weighted by Crippen LogP contribution is -2.47. The highest BCUT2D eigenvalue weighted by atomic mass is 32.2. The molecule has 1 aliphatic heterocycles. The second-order valence-electron chi connectivity index (χ2n) is 5.19. The van der Waals surface area contributed by atoms with E-state index in [1.807, 2.05) is 0 Å². The summed E-state index contributed by atoms with van der Waals surface area (Å²) in [5.74, 6) is 1.24. The van der Waals surface area contributed by atoms with Crippen molar-refractivity contribution in [2.24, 2.45) is 0 Å². The molecule has 100 valence electrons. The molecule has 1 heterocycles. The molecular weight excluding hydrogens is 232 g/mol. The number of nitrogens with zero attached hydrogens (tertiary/aromatic N) is 1. The van der Waals surface area contributed by atoms with Gasteiger partial charge in [-0.15, -0.1) is 0 Å². The SMILES string of the molecule is CCSC1CCCC1NCC1CN(C)CCO1. The minimum absolute atomic E-state index is 0.390. The van der Waals surface area contributed by atoms with Crippen LogP contribution in [-0.2, 0) is 4.74 Å². The lowest BCUT2D eigenvalue weighted by molar-refractivity contribution is -0.0191. The molecule has 0 aromatic rings. The van der Waals surface area contributed by atoms with Gasteiger partial charge in [-0.2, -0.15) is 11.8 Å². The van der Waals surface area contributed by atoms with Crippen LogP contribution in [-0.4, -0.2) is 61.3 Å². The molecule has 0 aromatic heterocycles. The zero-order valence-electron chi connectivity index (χ0n) is 11.2. The molecule has 1 saturated heterocycles. The van der Waals surface area contributed by atoms with Crippen LogP contribution in [0.4, 0.5) is 0 Å². The van der Waals surface area contributed by atoms with E-state index < -0.39 is 0 Å². The monoisotopic (exact) mass is 258 g/mol. The minimum Gasteiger partial charge on any atom is -0.374 e. The van der Waals surface area contributed by atoms with Crippen molar-refractivity contribution in [3.8, 4) is 0 Å². The summed E-state index contributed by atoms with van der Waals surface area (Å²) in [6, 6.07) is 0.718. The lowest BCUT2D eigenvalue weighted by Gasteiger charge is -2.31. The minimum atomic E-state index is 0.390. The first-order valence-corrected chi connectivity index (χ1v) is 7.99. The van der Waals surface area contributed by atoms with Gasteiger partial charge in [-0.1, -0.05) is 13.3 Å². The largest absolute Gasteiger partial charge is 0.374 e. The van der Waals surface area contributed by atoms with Gasteiger partial charge in [0.15, 0.2) is 0 Å². The lowest BCUT2D eigenvalue weighted by atomic mass is 10.2. The fraction of sp³-hybridized carbons (Fsp3) is 1.00. The molecule has 1 aliphatic carbocycles. The van der Waals surface area contributed by atoms with E-state index in [0.717, 1.165) is 37.5 Å². The van der Waals surface area contributed by atoms with E-state index >= 15 is 0 Å². The van der Waals surface area contributed by atoms with Gasteiger partial charge in [0.05, 0.1) is 12.7 Å². The average Bonchev–Trinajstić information content (AvgIpc) is 2.75. The van der Waals surface area contributed by atoms with Crippen LogP contribution in [0.15, 0.2) is 0 Å². The molecule has 2 fully saturated rings. The van der Waals surface area contributed by atoms with Crippen molar-refractivity contribution >= 4 is 11.8 Å². The topological polar surface area (TPSA) is 24.5 Å². The summed E-state index contributed by atoms with van der Waals surface area (Å²) >= 11 is 2.12. The van der Waals surface area contributed by atoms with Gasteiger partial charge in [0.2, 0.25) is 0 Å². The molecule has 4 heteroatoms. The van der Waals surface area contributed by atoms with Crippen molar-refractivity contribution in [3.63, 3.8) is 0 Å². The molecule has 0 aromatic carbocycles. The molecule has 2 aliphatic rings. The van der Waals surface area contributed by atoms with Crippen LogP contribution in [0.3, 0.4) is 0 Å². The highest BCUT2D eigenvalue weighted by molar-refractivity contribution is 7.99. The fourth-order valence-corrected chi connectivity index (χ4v) is 4.07. The van der Waals surface area contributed by atoms with E-state index in [-0.39, 0.29) is 0 Å². The number of likely N-dealkylation sites (N-methyl/N-ethyl adjacent to an activating group) is 1. The predicted molar refractivity (Wildman–Crippen MR) is 74.8 cm³/mol. The normalized spacial score (nSPS) is 35.3. The summed E-state index contributed by atoms with van der Waals surface area (Å²) in [6.07, 6.45) is 4.52. The maximum atomic E-state index is 5.79. The highest BCUT2D eigenvalue weighted by Crippen LogP contribution is 2.29. The van der Waals surface area contributed by atoms with Crippen molar-refractivity contribution in [3.05, 3.63) is 0 Å². The number of hydrogen-bond donors (Lipinski definition) is 1. The van der Waals surface area contributed by atoms with Crippen LogP contribution in [0.25, 0.3) is 0 Å². The number of nitrogens with one attached hydrogen (secondary N) is 1. The fourth-order valence-electron chi connectivity index (χ4n) is 2.85. The summed E-state index contributed by atoms with van der Waals surface area (Å²) < 4.78 is 5.79. The van der Waals surface area contributed by atoms with E-state index in [0.29, 0.717) is 6.10 Å². The van der Waals surface area contributed by atoms with Crippen LogP contribution < -0.4 is 5.32 Å². The Morgan fingerprint density at radius 1 is 1.41 bits per heavy atom. The maximum Gasteiger partial charge on any atom is 0.0826 e. The Labute approximate surface area is 110 Å². The highest BCUT2D eigenvalue weighted by Gasteiger charge is 2.28. The third-order valence-corrected chi connectivity index (χ3v) is 5.11. The summed E-state index contributed by atoms with van der Waals surface area (Å²) in [5.41, 5.74) is 0. The second-order valence-corrected chi connectivity index (χ2v) is 6.71. The Balaban J connectivity index is 1.69. The zero-order valence-corrected chi connectivity index (χ0v) is 12.0. The molecular formula is C13H26N2OS. The molecule has 1 N–H and O–H groups in total. The Bertz CT molecular complexity index is 227. The Hall–Kier alpha value is 0.230. The zero-order chi connectivity index (χ0) is 12.1. The van der Waals surface area contributed by atoms with E-state index in [4.69, 9.17) is 4.74 Å². The Morgan fingerprint density at radius 2 is 2.29 bits per heavy atom. The van der Waals surface area contributed by atoms with Crippen LogP contribution in [0.2, 0.25) is 0 Å². The average molecular weight is 258 g/mol. The van der Waals surface area contributed by atoms with E-state index in [1.54, 1.807) is 0 Å². The van der Waals surface area contributed by atoms with Gasteiger partial charge < -0.3 is 15.0 Å². The summed E-state index contributed by atoms with van der Waals surface area (Å²) in [4.78, 5) is 2.36. The molecule has 17 heavy (non-hydrogen) atoms. The van der Waals surface area contributed by atoms with Crippen molar-refractivity contribution in [1.82, 2.24) is 10.2 Å². The van der Waals surface area contributed by atoms with Gasteiger partial charge in [0.25, 0.3) is 0 Å². The molecule has 0 bridgehead atoms. The van der Waals surface area contributed by atoms with Crippen LogP contribution in [0.5, 0.6) is 0 Å². The molecule has 0 radical (unpaired) electrons. The first kappa shape index (κ1) is 13.7. The number of rotatable bonds is 5. The molecule has 3 nitrogen and oxygen atoms in total. The summed E-state index contributed by atoms with van der Waals surface area (Å²) in [5, 5.41) is 4.57. The standard InChI is InChI=1S/C13H26N2OS/c1-3-17-13-6-4-5-12(13)14-9-11-10-15(2)7-8-16-11/h11-14H,3-10H2,1-2H3. The van der Waals surface area contributed by atoms with Crippen molar-refractivity contribution in [2.45, 2.75) is 43.6 Å². The van der Waals surface area contributed by atoms with Crippen molar-refractivity contribution in [2.75, 3.05) is 39.0 Å². The van der Waals surface area contributed by atoms with Gasteiger partial charge in [-0.3, -0.25) is 0 Å². The Morgan fingerprint density at radius 3 is 3.06 bits per heavy atom. The Kier molecular flexibility index (Phi) is 5.60. The first-order valence-electron chi connectivity index (χ1n) is 6.94. The van der Waals surface area contributed by atoms with Gasteiger partial charge in [-0.05, 0) is 25.6 Å². The van der Waals surface area contributed by atoms with Gasteiger partial charge >= 0.3 is 0 Å². The number of thioether (sulfide) groups is 1. The molecule has 1 saturated carbocycles. The number of hydrogen-bond acceptors (Lipinski definition) is 4. The van der Waals surface area contributed by atoms with E-state index in [9.17, 15) is 0 Å². The molecule has 3 unspecified atom stereocenters. The number of morpholine rings is 1. The molecule has 2 rings (SSSR count). The van der Waals surface area contributed by atoms with Gasteiger partial charge in [-0.25, -0.2) is 0 Å². The smallest absolute Gasteiger partial charge is 0.0826 e. The van der Waals surface area contributed by atoms with Crippen molar-refractivity contribution in [1.29, 1.82) is 0 Å². The third-order valence-electron chi connectivity index (χ3n) is 3.78. The third kappa shape index (κ3) is 4.12. The van der Waals surface area contributed by atoms with Crippen LogP contribution >= 0.6 is 11.8 Å². The predicted octanol–water partition coefficient (Wildman–Crippen LogP) is 1.58. The maximum absolute atomic E-state index is 5.79. The summed E-state index contributed by atoms with van der Waals surface area (Å²) in [7, 11) is 2.18. The van der Waals surface area contributed by atoms with Crippen LogP contribution in [0, 0.1) is 0 Å². The quantitative estimate of drug-likeness (QED) is 0.809. The second kappa shape index (κ2) is 6.98. The summed E-state index contributed by atoms with van der Waals surface area (Å²) in [6.45, 7) is 6.33. The van der Waals surface area contributed by atoms with E-state index in [1.165, 1.54) is 25.0 Å². The first-order chi connectivity index (χ1) is 8.29. The van der Waals surface area contributed by atoms with Crippen LogP contribution in [0.1, 0.15) is 26.2 Å². The molecule has 3 atom stereocenters. The van der Waals surface area contributed by atoms with Gasteiger partial charge in [0.1, 0.15) is 0 Å². The van der Waals surface area contributed by atoms with Gasteiger partial charge in [0, 0.05) is 30.9 Å². The van der Waals surface area contributed by atoms with Crippen molar-refractivity contribution < 1.29 is 4.74 Å². The molecule has 0 spiro atoms. The van der Waals surface area contributed by atoms with E-state index in [2.05, 4.69) is 35.9 Å². The number of ether oxygens (including phenoxy) is 1.